The van der Waals surface area contributed by atoms with Crippen molar-refractivity contribution >= 4 is 23.2 Å². The Morgan fingerprint density at radius 2 is 2.16 bits per heavy atom. The molecular formula is C10H15ClN5O3+. The van der Waals surface area contributed by atoms with Crippen LogP contribution < -0.4 is 11.1 Å². The number of benzene rings is 1. The summed E-state index contributed by atoms with van der Waals surface area (Å²) in [6.07, 6.45) is 0. The van der Waals surface area contributed by atoms with Crippen LogP contribution in [0.25, 0.3) is 0 Å². The second-order valence-electron chi connectivity index (χ2n) is 3.79. The summed E-state index contributed by atoms with van der Waals surface area (Å²) in [5, 5.41) is 23.9. The number of rotatable bonds is 0. The summed E-state index contributed by atoms with van der Waals surface area (Å²) in [4.78, 5) is 10.3. The van der Waals surface area contributed by atoms with E-state index in [-0.39, 0.29) is 5.96 Å². The molecule has 1 aliphatic rings. The maximum Gasteiger partial charge on any atom is 0.472 e. The summed E-state index contributed by atoms with van der Waals surface area (Å²) in [7, 11) is 0. The molecule has 104 valence electrons. The normalized spacial score (nSPS) is 13.2. The van der Waals surface area contributed by atoms with E-state index in [0.717, 1.165) is 24.3 Å². The minimum Gasteiger partial charge on any atom is -0.383 e. The molecule has 0 atom stereocenters. The minimum atomic E-state index is -1.25. The molecule has 0 spiro atoms. The highest BCUT2D eigenvalue weighted by molar-refractivity contribution is 6.30. The third-order valence-electron chi connectivity index (χ3n) is 2.47. The van der Waals surface area contributed by atoms with Crippen LogP contribution in [0.3, 0.4) is 0 Å². The SMILES string of the molecule is N=C(N)N1CCNc2ccc(Cl)cc2C1.O=[N+](O)O. The zero-order valence-corrected chi connectivity index (χ0v) is 10.8. The molecular weight excluding hydrogens is 274 g/mol. The summed E-state index contributed by atoms with van der Waals surface area (Å²) in [5.41, 5.74) is 7.63. The number of halogens is 1. The lowest BCUT2D eigenvalue weighted by atomic mass is 10.2. The molecule has 0 bridgehead atoms. The van der Waals surface area contributed by atoms with Crippen molar-refractivity contribution in [1.29, 1.82) is 5.41 Å². The maximum atomic E-state index is 8.47. The molecule has 19 heavy (non-hydrogen) atoms. The number of guanidine groups is 1. The van der Waals surface area contributed by atoms with Gasteiger partial charge in [0.2, 0.25) is 0 Å². The van der Waals surface area contributed by atoms with Gasteiger partial charge in [-0.2, -0.15) is 0 Å². The fourth-order valence-electron chi connectivity index (χ4n) is 1.68. The van der Waals surface area contributed by atoms with Crippen molar-refractivity contribution in [3.63, 3.8) is 0 Å². The van der Waals surface area contributed by atoms with Crippen LogP contribution >= 0.6 is 11.6 Å². The number of anilines is 1. The van der Waals surface area contributed by atoms with Crippen molar-refractivity contribution in [3.05, 3.63) is 33.7 Å². The molecule has 0 unspecified atom stereocenters. The first-order chi connectivity index (χ1) is 8.90. The lowest BCUT2D eigenvalue weighted by Crippen LogP contribution is -2.37. The highest BCUT2D eigenvalue weighted by atomic mass is 35.5. The molecule has 1 aliphatic heterocycles. The molecule has 0 amide bonds. The summed E-state index contributed by atoms with van der Waals surface area (Å²) >= 11 is 5.93. The Bertz CT molecular complexity index is 478. The van der Waals surface area contributed by atoms with E-state index < -0.39 is 5.09 Å². The van der Waals surface area contributed by atoms with Gasteiger partial charge >= 0.3 is 5.09 Å². The van der Waals surface area contributed by atoms with Crippen LogP contribution in [0, 0.1) is 10.3 Å². The van der Waals surface area contributed by atoms with Gasteiger partial charge in [-0.3, -0.25) is 5.41 Å². The van der Waals surface area contributed by atoms with Gasteiger partial charge in [0.1, 0.15) is 4.91 Å². The summed E-state index contributed by atoms with van der Waals surface area (Å²) in [6, 6.07) is 5.73. The molecule has 1 heterocycles. The molecule has 0 aromatic heterocycles. The van der Waals surface area contributed by atoms with Crippen LogP contribution in [-0.4, -0.2) is 39.5 Å². The fraction of sp³-hybridized carbons (Fsp3) is 0.300. The number of nitrogens with two attached hydrogens (primary N) is 1. The van der Waals surface area contributed by atoms with Crippen LogP contribution in [0.4, 0.5) is 5.69 Å². The summed E-state index contributed by atoms with van der Waals surface area (Å²) in [5.74, 6) is 0.102. The van der Waals surface area contributed by atoms with Crippen LogP contribution in [0.5, 0.6) is 0 Å². The molecule has 0 radical (unpaired) electrons. The quantitative estimate of drug-likeness (QED) is 0.275. The number of nitrogens with zero attached hydrogens (tertiary/aromatic N) is 2. The van der Waals surface area contributed by atoms with Crippen LogP contribution in [0.2, 0.25) is 5.02 Å². The van der Waals surface area contributed by atoms with Gasteiger partial charge in [0, 0.05) is 30.3 Å². The monoisotopic (exact) mass is 288 g/mol. The van der Waals surface area contributed by atoms with Gasteiger partial charge in [-0.15, -0.1) is 0 Å². The van der Waals surface area contributed by atoms with Gasteiger partial charge < -0.3 is 16.0 Å². The Morgan fingerprint density at radius 3 is 2.74 bits per heavy atom. The predicted octanol–water partition coefficient (Wildman–Crippen LogP) is 1.00. The molecule has 0 fully saturated rings. The van der Waals surface area contributed by atoms with E-state index in [0.29, 0.717) is 11.6 Å². The average Bonchev–Trinajstić information content (AvgIpc) is 2.49. The van der Waals surface area contributed by atoms with Crippen LogP contribution in [0.15, 0.2) is 18.2 Å². The van der Waals surface area contributed by atoms with Gasteiger partial charge in [-0.1, -0.05) is 11.6 Å². The Morgan fingerprint density at radius 1 is 1.53 bits per heavy atom. The topological polar surface area (TPSA) is 126 Å². The second-order valence-corrected chi connectivity index (χ2v) is 4.22. The van der Waals surface area contributed by atoms with Crippen molar-refractivity contribution in [1.82, 2.24) is 4.90 Å². The molecule has 1 aromatic carbocycles. The van der Waals surface area contributed by atoms with E-state index in [9.17, 15) is 0 Å². The maximum absolute atomic E-state index is 8.47. The molecule has 0 saturated heterocycles. The first-order valence-corrected chi connectivity index (χ1v) is 5.74. The lowest BCUT2D eigenvalue weighted by molar-refractivity contribution is -0.969. The van der Waals surface area contributed by atoms with E-state index in [1.807, 2.05) is 23.1 Å². The number of hydrogen-bond donors (Lipinski definition) is 5. The number of hydrogen-bond acceptors (Lipinski definition) is 3. The smallest absolute Gasteiger partial charge is 0.383 e. The number of nitrogens with one attached hydrogen (secondary N) is 2. The lowest BCUT2D eigenvalue weighted by Gasteiger charge is -2.19. The molecule has 2 rings (SSSR count). The highest BCUT2D eigenvalue weighted by Crippen LogP contribution is 2.23. The second kappa shape index (κ2) is 6.64. The number of fused-ring (bicyclic) bond motifs is 1. The van der Waals surface area contributed by atoms with Gasteiger partial charge in [0.15, 0.2) is 5.96 Å². The minimum absolute atomic E-state index is 0.102. The summed E-state index contributed by atoms with van der Waals surface area (Å²) in [6.45, 7) is 2.16. The van der Waals surface area contributed by atoms with E-state index in [1.54, 1.807) is 0 Å². The standard InChI is InChI=1S/C10H13ClN4.H2NO3/c11-8-1-2-9-7(5-8)6-15(10(12)13)4-3-14-9;2-1(3)4/h1-2,5,14H,3-4,6H2,(H3,12,13);(H2,2,3,4)/q;+1. The van der Waals surface area contributed by atoms with Crippen molar-refractivity contribution < 1.29 is 15.5 Å². The molecule has 0 saturated carbocycles. The van der Waals surface area contributed by atoms with E-state index in [4.69, 9.17) is 38.1 Å². The third-order valence-corrected chi connectivity index (χ3v) is 2.70. The molecule has 1 aromatic rings. The van der Waals surface area contributed by atoms with Gasteiger partial charge in [-0.05, 0) is 23.8 Å². The van der Waals surface area contributed by atoms with E-state index in [1.165, 1.54) is 0 Å². The summed E-state index contributed by atoms with van der Waals surface area (Å²) < 4.78 is 0. The van der Waals surface area contributed by atoms with Crippen molar-refractivity contribution in [3.8, 4) is 0 Å². The van der Waals surface area contributed by atoms with Crippen LogP contribution in [0.1, 0.15) is 5.56 Å². The Balaban J connectivity index is 0.000000399. The zero-order valence-electron chi connectivity index (χ0n) is 10.0. The Kier molecular flexibility index (Phi) is 5.19. The van der Waals surface area contributed by atoms with E-state index >= 15 is 0 Å². The van der Waals surface area contributed by atoms with Crippen molar-refractivity contribution in [2.45, 2.75) is 6.54 Å². The van der Waals surface area contributed by atoms with E-state index in [2.05, 4.69) is 5.32 Å². The molecule has 8 nitrogen and oxygen atoms in total. The average molecular weight is 289 g/mol. The molecule has 9 heteroatoms. The largest absolute Gasteiger partial charge is 0.472 e. The first kappa shape index (κ1) is 14.8. The van der Waals surface area contributed by atoms with Crippen molar-refractivity contribution in [2.75, 3.05) is 18.4 Å². The predicted molar refractivity (Wildman–Crippen MR) is 69.5 cm³/mol. The third kappa shape index (κ3) is 4.88. The highest BCUT2D eigenvalue weighted by Gasteiger charge is 2.14. The van der Waals surface area contributed by atoms with Gasteiger partial charge in [0.25, 0.3) is 0 Å². The van der Waals surface area contributed by atoms with Gasteiger partial charge in [-0.25, -0.2) is 10.4 Å². The van der Waals surface area contributed by atoms with Crippen molar-refractivity contribution in [2.24, 2.45) is 5.73 Å². The first-order valence-electron chi connectivity index (χ1n) is 5.36. The zero-order chi connectivity index (χ0) is 14.4. The fourth-order valence-corrected chi connectivity index (χ4v) is 1.88. The Hall–Kier alpha value is -2.22. The van der Waals surface area contributed by atoms with Crippen LogP contribution in [-0.2, 0) is 6.54 Å². The van der Waals surface area contributed by atoms with Gasteiger partial charge in [0.05, 0.1) is 0 Å². The molecule has 6 N–H and O–H groups in total. The Labute approximate surface area is 114 Å². The molecule has 0 aliphatic carbocycles.